The smallest absolute Gasteiger partial charge is 0.246 e. The van der Waals surface area contributed by atoms with Gasteiger partial charge in [0.05, 0.1) is 11.4 Å². The van der Waals surface area contributed by atoms with Gasteiger partial charge in [-0.05, 0) is 36.9 Å². The van der Waals surface area contributed by atoms with E-state index in [1.807, 2.05) is 17.5 Å². The third-order valence-electron chi connectivity index (χ3n) is 3.02. The molecule has 102 valence electrons. The van der Waals surface area contributed by atoms with Crippen LogP contribution in [-0.2, 0) is 6.54 Å². The fourth-order valence-corrected chi connectivity index (χ4v) is 2.66. The van der Waals surface area contributed by atoms with Crippen molar-refractivity contribution in [1.82, 2.24) is 10.1 Å². The molecule has 2 aromatic heterocycles. The molecule has 3 aromatic rings. The van der Waals surface area contributed by atoms with E-state index in [-0.39, 0.29) is 0 Å². The summed E-state index contributed by atoms with van der Waals surface area (Å²) in [5.74, 6) is 1.24. The summed E-state index contributed by atoms with van der Waals surface area (Å²) in [5, 5.41) is 9.31. The van der Waals surface area contributed by atoms with Crippen molar-refractivity contribution in [2.75, 3.05) is 5.32 Å². The maximum atomic E-state index is 5.26. The number of rotatable bonds is 4. The lowest BCUT2D eigenvalue weighted by Crippen LogP contribution is -2.01. The topological polar surface area (TPSA) is 51.0 Å². The van der Waals surface area contributed by atoms with E-state index in [9.17, 15) is 0 Å². The third-order valence-corrected chi connectivity index (χ3v) is 3.89. The molecule has 5 heteroatoms. The number of benzene rings is 1. The number of anilines is 1. The summed E-state index contributed by atoms with van der Waals surface area (Å²) < 4.78 is 5.26. The molecule has 0 amide bonds. The molecule has 2 heterocycles. The van der Waals surface area contributed by atoms with Gasteiger partial charge in [0, 0.05) is 5.69 Å². The van der Waals surface area contributed by atoms with Crippen molar-refractivity contribution >= 4 is 17.0 Å². The molecule has 0 saturated carbocycles. The van der Waals surface area contributed by atoms with Crippen molar-refractivity contribution in [3.63, 3.8) is 0 Å². The molecule has 0 atom stereocenters. The van der Waals surface area contributed by atoms with Crippen LogP contribution in [0.3, 0.4) is 0 Å². The lowest BCUT2D eigenvalue weighted by molar-refractivity contribution is 0.384. The number of aryl methyl sites for hydroxylation is 2. The minimum atomic E-state index is 0.530. The first-order valence-electron chi connectivity index (χ1n) is 6.40. The number of thiophene rings is 1. The van der Waals surface area contributed by atoms with Gasteiger partial charge < -0.3 is 9.84 Å². The Labute approximate surface area is 121 Å². The van der Waals surface area contributed by atoms with Crippen LogP contribution in [0.5, 0.6) is 0 Å². The molecule has 0 aliphatic rings. The number of aromatic nitrogens is 2. The Bertz CT molecular complexity index is 704. The zero-order chi connectivity index (χ0) is 13.9. The van der Waals surface area contributed by atoms with E-state index in [1.54, 1.807) is 11.3 Å². The van der Waals surface area contributed by atoms with Gasteiger partial charge in [-0.1, -0.05) is 28.9 Å². The van der Waals surface area contributed by atoms with Gasteiger partial charge in [-0.25, -0.2) is 0 Å². The molecule has 0 bridgehead atoms. The minimum Gasteiger partial charge on any atom is -0.376 e. The van der Waals surface area contributed by atoms with Crippen molar-refractivity contribution < 1.29 is 4.52 Å². The zero-order valence-electron chi connectivity index (χ0n) is 11.4. The van der Waals surface area contributed by atoms with Crippen molar-refractivity contribution in [3.05, 3.63) is 52.7 Å². The second kappa shape index (κ2) is 5.46. The Kier molecular flexibility index (Phi) is 3.52. The Balaban J connectivity index is 1.70. The summed E-state index contributed by atoms with van der Waals surface area (Å²) in [5.41, 5.74) is 3.56. The zero-order valence-corrected chi connectivity index (χ0v) is 12.2. The molecule has 0 radical (unpaired) electrons. The van der Waals surface area contributed by atoms with Crippen molar-refractivity contribution in [2.24, 2.45) is 0 Å². The predicted molar refractivity (Wildman–Crippen MR) is 80.9 cm³/mol. The molecule has 0 aliphatic heterocycles. The van der Waals surface area contributed by atoms with E-state index < -0.39 is 0 Å². The fraction of sp³-hybridized carbons (Fsp3) is 0.200. The number of hydrogen-bond donors (Lipinski definition) is 1. The van der Waals surface area contributed by atoms with Crippen LogP contribution < -0.4 is 5.32 Å². The highest BCUT2D eigenvalue weighted by molar-refractivity contribution is 7.13. The van der Waals surface area contributed by atoms with Crippen molar-refractivity contribution in [2.45, 2.75) is 20.4 Å². The molecule has 3 rings (SSSR count). The first-order chi connectivity index (χ1) is 9.72. The highest BCUT2D eigenvalue weighted by Gasteiger charge is 2.09. The van der Waals surface area contributed by atoms with Gasteiger partial charge in [0.15, 0.2) is 0 Å². The first kappa shape index (κ1) is 12.9. The number of nitrogens with one attached hydrogen (secondary N) is 1. The Morgan fingerprint density at radius 2 is 2.15 bits per heavy atom. The van der Waals surface area contributed by atoms with Gasteiger partial charge in [0.1, 0.15) is 0 Å². The van der Waals surface area contributed by atoms with Crippen molar-refractivity contribution in [3.8, 4) is 10.7 Å². The summed E-state index contributed by atoms with van der Waals surface area (Å²) in [6.45, 7) is 4.70. The van der Waals surface area contributed by atoms with E-state index in [1.165, 1.54) is 11.1 Å². The van der Waals surface area contributed by atoms with Gasteiger partial charge >= 0.3 is 0 Å². The molecular formula is C15H15N3OS. The summed E-state index contributed by atoms with van der Waals surface area (Å²) in [6, 6.07) is 10.3. The Morgan fingerprint density at radius 3 is 2.90 bits per heavy atom. The molecule has 20 heavy (non-hydrogen) atoms. The Hall–Kier alpha value is -2.14. The van der Waals surface area contributed by atoms with E-state index >= 15 is 0 Å². The minimum absolute atomic E-state index is 0.530. The van der Waals surface area contributed by atoms with Crippen LogP contribution in [0.2, 0.25) is 0 Å². The number of hydrogen-bond acceptors (Lipinski definition) is 5. The van der Waals surface area contributed by atoms with Gasteiger partial charge in [0.25, 0.3) is 0 Å². The van der Waals surface area contributed by atoms with E-state index in [0.29, 0.717) is 18.3 Å². The quantitative estimate of drug-likeness (QED) is 0.786. The molecule has 1 aromatic carbocycles. The highest BCUT2D eigenvalue weighted by Crippen LogP contribution is 2.22. The van der Waals surface area contributed by atoms with Crippen LogP contribution in [0.15, 0.2) is 40.2 Å². The highest BCUT2D eigenvalue weighted by atomic mass is 32.1. The summed E-state index contributed by atoms with van der Waals surface area (Å²) >= 11 is 1.60. The monoisotopic (exact) mass is 285 g/mol. The van der Waals surface area contributed by atoms with Crippen LogP contribution in [0.1, 0.15) is 17.0 Å². The van der Waals surface area contributed by atoms with Gasteiger partial charge in [-0.2, -0.15) is 4.98 Å². The Morgan fingerprint density at radius 1 is 1.25 bits per heavy atom. The molecule has 0 aliphatic carbocycles. The van der Waals surface area contributed by atoms with Gasteiger partial charge in [-0.3, -0.25) is 0 Å². The normalized spacial score (nSPS) is 10.7. The third kappa shape index (κ3) is 2.72. The molecule has 0 spiro atoms. The van der Waals surface area contributed by atoms with Crippen LogP contribution in [0.4, 0.5) is 5.69 Å². The summed E-state index contributed by atoms with van der Waals surface area (Å²) in [4.78, 5) is 5.41. The average Bonchev–Trinajstić information content (AvgIpc) is 3.08. The second-order valence-electron chi connectivity index (χ2n) is 4.66. The van der Waals surface area contributed by atoms with Crippen LogP contribution in [0.25, 0.3) is 10.7 Å². The SMILES string of the molecule is Cc1ccc(NCc2nc(-c3cccs3)no2)c(C)c1. The summed E-state index contributed by atoms with van der Waals surface area (Å²) in [7, 11) is 0. The van der Waals surface area contributed by atoms with E-state index in [4.69, 9.17) is 4.52 Å². The molecule has 1 N–H and O–H groups in total. The standard InChI is InChI=1S/C15H15N3OS/c1-10-5-6-12(11(2)8-10)16-9-14-17-15(18-19-14)13-4-3-7-20-13/h3-8,16H,9H2,1-2H3. The summed E-state index contributed by atoms with van der Waals surface area (Å²) in [6.07, 6.45) is 0. The van der Waals surface area contributed by atoms with E-state index in [0.717, 1.165) is 10.6 Å². The largest absolute Gasteiger partial charge is 0.376 e. The number of nitrogens with zero attached hydrogens (tertiary/aromatic N) is 2. The van der Waals surface area contributed by atoms with Crippen LogP contribution in [0, 0.1) is 13.8 Å². The predicted octanol–water partition coefficient (Wildman–Crippen LogP) is 4.03. The molecule has 0 unspecified atom stereocenters. The maximum absolute atomic E-state index is 5.26. The van der Waals surface area contributed by atoms with Crippen LogP contribution >= 0.6 is 11.3 Å². The maximum Gasteiger partial charge on any atom is 0.246 e. The average molecular weight is 285 g/mol. The fourth-order valence-electron chi connectivity index (χ4n) is 2.02. The molecule has 4 nitrogen and oxygen atoms in total. The second-order valence-corrected chi connectivity index (χ2v) is 5.61. The van der Waals surface area contributed by atoms with Crippen molar-refractivity contribution in [1.29, 1.82) is 0 Å². The molecule has 0 saturated heterocycles. The lowest BCUT2D eigenvalue weighted by Gasteiger charge is -2.07. The van der Waals surface area contributed by atoms with E-state index in [2.05, 4.69) is 47.5 Å². The van der Waals surface area contributed by atoms with Crippen LogP contribution in [-0.4, -0.2) is 10.1 Å². The van der Waals surface area contributed by atoms with Gasteiger partial charge in [-0.15, -0.1) is 11.3 Å². The molecule has 0 fully saturated rings. The lowest BCUT2D eigenvalue weighted by atomic mass is 10.1. The van der Waals surface area contributed by atoms with Gasteiger partial charge in [0.2, 0.25) is 11.7 Å². The first-order valence-corrected chi connectivity index (χ1v) is 7.28. The molecular weight excluding hydrogens is 270 g/mol.